The highest BCUT2D eigenvalue weighted by molar-refractivity contribution is 5.82. The van der Waals surface area contributed by atoms with Crippen molar-refractivity contribution in [1.29, 1.82) is 0 Å². The molecule has 1 spiro atoms. The fraction of sp³-hybridized carbons (Fsp3) is 0.619. The molecule has 0 unspecified atom stereocenters. The SMILES string of the molecule is CN(C)C(=O)[C@H]1COC2(CN(C(=O)Cc3ccc4c(c3)CCCO4)C2)CN1C. The van der Waals surface area contributed by atoms with Crippen molar-refractivity contribution in [2.24, 2.45) is 0 Å². The van der Waals surface area contributed by atoms with E-state index in [0.29, 0.717) is 32.7 Å². The van der Waals surface area contributed by atoms with Gasteiger partial charge < -0.3 is 19.3 Å². The largest absolute Gasteiger partial charge is 0.493 e. The van der Waals surface area contributed by atoms with E-state index in [9.17, 15) is 9.59 Å². The highest BCUT2D eigenvalue weighted by Crippen LogP contribution is 2.32. The van der Waals surface area contributed by atoms with Gasteiger partial charge in [0.2, 0.25) is 11.8 Å². The lowest BCUT2D eigenvalue weighted by atomic mass is 9.89. The molecule has 0 bridgehead atoms. The van der Waals surface area contributed by atoms with Crippen LogP contribution in [0.15, 0.2) is 18.2 Å². The Morgan fingerprint density at radius 3 is 2.75 bits per heavy atom. The number of fused-ring (bicyclic) bond motifs is 1. The number of ether oxygens (including phenoxy) is 2. The molecule has 0 N–H and O–H groups in total. The molecule has 2 fully saturated rings. The first-order chi connectivity index (χ1) is 13.4. The van der Waals surface area contributed by atoms with Crippen LogP contribution in [0.3, 0.4) is 0 Å². The summed E-state index contributed by atoms with van der Waals surface area (Å²) in [6, 6.07) is 5.82. The maximum atomic E-state index is 12.7. The van der Waals surface area contributed by atoms with E-state index in [1.165, 1.54) is 5.56 Å². The summed E-state index contributed by atoms with van der Waals surface area (Å²) in [7, 11) is 5.48. The third-order valence-corrected chi connectivity index (χ3v) is 5.98. The number of carbonyl (C=O) groups excluding carboxylic acids is 2. The number of carbonyl (C=O) groups is 2. The number of amides is 2. The molecule has 28 heavy (non-hydrogen) atoms. The zero-order chi connectivity index (χ0) is 19.9. The van der Waals surface area contributed by atoms with E-state index >= 15 is 0 Å². The summed E-state index contributed by atoms with van der Waals surface area (Å²) in [4.78, 5) is 30.4. The van der Waals surface area contributed by atoms with Crippen LogP contribution in [-0.2, 0) is 27.2 Å². The smallest absolute Gasteiger partial charge is 0.241 e. The predicted octanol–water partition coefficient (Wildman–Crippen LogP) is 0.554. The van der Waals surface area contributed by atoms with E-state index < -0.39 is 0 Å². The number of likely N-dealkylation sites (tertiary alicyclic amines) is 1. The first-order valence-corrected chi connectivity index (χ1v) is 9.95. The summed E-state index contributed by atoms with van der Waals surface area (Å²) in [5.74, 6) is 1.13. The van der Waals surface area contributed by atoms with Gasteiger partial charge in [0.05, 0.1) is 32.7 Å². The lowest BCUT2D eigenvalue weighted by Gasteiger charge is -2.55. The number of benzene rings is 1. The number of morpholine rings is 1. The average molecular weight is 387 g/mol. The number of likely N-dealkylation sites (N-methyl/N-ethyl adjacent to an activating group) is 2. The standard InChI is InChI=1S/C21H29N3O4/c1-22(2)20(26)17-11-28-21(12-23(17)3)13-24(14-21)19(25)10-15-6-7-18-16(9-15)5-4-8-27-18/h6-7,9,17H,4-5,8,10-14H2,1-3H3/t17-/m1/s1. The average Bonchev–Trinajstić information content (AvgIpc) is 2.65. The maximum absolute atomic E-state index is 12.7. The van der Waals surface area contributed by atoms with Gasteiger partial charge in [0.15, 0.2) is 0 Å². The number of aryl methyl sites for hydroxylation is 1. The highest BCUT2D eigenvalue weighted by atomic mass is 16.5. The molecule has 1 aromatic carbocycles. The van der Waals surface area contributed by atoms with E-state index in [2.05, 4.69) is 11.0 Å². The van der Waals surface area contributed by atoms with Gasteiger partial charge in [0.1, 0.15) is 17.4 Å². The molecule has 2 saturated heterocycles. The van der Waals surface area contributed by atoms with Crippen molar-refractivity contribution >= 4 is 11.8 Å². The Balaban J connectivity index is 1.31. The van der Waals surface area contributed by atoms with Crippen molar-refractivity contribution in [3.05, 3.63) is 29.3 Å². The Bertz CT molecular complexity index is 773. The van der Waals surface area contributed by atoms with Crippen molar-refractivity contribution in [1.82, 2.24) is 14.7 Å². The van der Waals surface area contributed by atoms with Crippen LogP contribution in [0, 0.1) is 0 Å². The Morgan fingerprint density at radius 2 is 2.04 bits per heavy atom. The molecule has 4 rings (SSSR count). The van der Waals surface area contributed by atoms with E-state index in [1.54, 1.807) is 19.0 Å². The van der Waals surface area contributed by atoms with Crippen LogP contribution in [0.5, 0.6) is 5.75 Å². The Hall–Kier alpha value is -2.12. The van der Waals surface area contributed by atoms with Crippen molar-refractivity contribution in [3.63, 3.8) is 0 Å². The van der Waals surface area contributed by atoms with Crippen LogP contribution in [-0.4, -0.2) is 92.1 Å². The third kappa shape index (κ3) is 3.61. The minimum absolute atomic E-state index is 0.0565. The van der Waals surface area contributed by atoms with Crippen LogP contribution in [0.2, 0.25) is 0 Å². The zero-order valence-corrected chi connectivity index (χ0v) is 16.9. The Labute approximate surface area is 166 Å². The molecule has 2 amide bonds. The molecule has 3 aliphatic rings. The van der Waals surface area contributed by atoms with Crippen LogP contribution in [0.25, 0.3) is 0 Å². The normalized spacial score (nSPS) is 23.5. The van der Waals surface area contributed by atoms with Crippen molar-refractivity contribution in [2.75, 3.05) is 54.0 Å². The zero-order valence-electron chi connectivity index (χ0n) is 16.9. The molecule has 0 radical (unpaired) electrons. The van der Waals surface area contributed by atoms with Crippen LogP contribution in [0.4, 0.5) is 0 Å². The van der Waals surface area contributed by atoms with Crippen LogP contribution in [0.1, 0.15) is 17.5 Å². The van der Waals surface area contributed by atoms with E-state index in [-0.39, 0.29) is 23.5 Å². The number of hydrogen-bond acceptors (Lipinski definition) is 5. The van der Waals surface area contributed by atoms with E-state index in [1.807, 2.05) is 24.1 Å². The fourth-order valence-electron chi connectivity index (χ4n) is 4.38. The minimum Gasteiger partial charge on any atom is -0.493 e. The van der Waals surface area contributed by atoms with E-state index in [0.717, 1.165) is 30.8 Å². The number of hydrogen-bond donors (Lipinski definition) is 0. The first kappa shape index (κ1) is 19.2. The van der Waals surface area contributed by atoms with Crippen molar-refractivity contribution < 1.29 is 19.1 Å². The van der Waals surface area contributed by atoms with Gasteiger partial charge in [0, 0.05) is 20.6 Å². The molecule has 1 aromatic rings. The molecular weight excluding hydrogens is 358 g/mol. The summed E-state index contributed by atoms with van der Waals surface area (Å²) < 4.78 is 11.7. The van der Waals surface area contributed by atoms with E-state index in [4.69, 9.17) is 9.47 Å². The molecule has 0 saturated carbocycles. The van der Waals surface area contributed by atoms with Gasteiger partial charge >= 0.3 is 0 Å². The molecule has 152 valence electrons. The van der Waals surface area contributed by atoms with Crippen molar-refractivity contribution in [3.8, 4) is 5.75 Å². The van der Waals surface area contributed by atoms with Gasteiger partial charge in [-0.25, -0.2) is 0 Å². The van der Waals surface area contributed by atoms with Crippen LogP contribution >= 0.6 is 0 Å². The number of rotatable bonds is 3. The van der Waals surface area contributed by atoms with Gasteiger partial charge in [0.25, 0.3) is 0 Å². The summed E-state index contributed by atoms with van der Waals surface area (Å²) in [5.41, 5.74) is 1.90. The van der Waals surface area contributed by atoms with Gasteiger partial charge in [-0.1, -0.05) is 12.1 Å². The van der Waals surface area contributed by atoms with Gasteiger partial charge in [-0.2, -0.15) is 0 Å². The Kier molecular flexibility index (Phi) is 5.05. The molecule has 3 heterocycles. The fourth-order valence-corrected chi connectivity index (χ4v) is 4.38. The summed E-state index contributed by atoms with van der Waals surface area (Å²) >= 11 is 0. The monoisotopic (exact) mass is 387 g/mol. The first-order valence-electron chi connectivity index (χ1n) is 9.95. The lowest BCUT2D eigenvalue weighted by Crippen LogP contribution is -2.73. The summed E-state index contributed by atoms with van der Waals surface area (Å²) in [6.07, 6.45) is 2.44. The molecule has 1 atom stereocenters. The maximum Gasteiger partial charge on any atom is 0.241 e. The molecule has 7 nitrogen and oxygen atoms in total. The molecule has 0 aliphatic carbocycles. The second kappa shape index (κ2) is 7.37. The topological polar surface area (TPSA) is 62.3 Å². The van der Waals surface area contributed by atoms with Crippen molar-refractivity contribution in [2.45, 2.75) is 30.9 Å². The van der Waals surface area contributed by atoms with Gasteiger partial charge in [-0.05, 0) is 37.1 Å². The van der Waals surface area contributed by atoms with Gasteiger partial charge in [-0.3, -0.25) is 14.5 Å². The highest BCUT2D eigenvalue weighted by Gasteiger charge is 2.51. The second-order valence-corrected chi connectivity index (χ2v) is 8.48. The summed E-state index contributed by atoms with van der Waals surface area (Å²) in [5, 5.41) is 0. The van der Waals surface area contributed by atoms with Crippen LogP contribution < -0.4 is 4.74 Å². The molecule has 3 aliphatic heterocycles. The number of nitrogens with zero attached hydrogens (tertiary/aromatic N) is 3. The Morgan fingerprint density at radius 1 is 1.25 bits per heavy atom. The minimum atomic E-state index is -0.336. The van der Waals surface area contributed by atoms with Gasteiger partial charge in [-0.15, -0.1) is 0 Å². The quantitative estimate of drug-likeness (QED) is 0.758. The third-order valence-electron chi connectivity index (χ3n) is 5.98. The predicted molar refractivity (Wildman–Crippen MR) is 104 cm³/mol. The molecule has 7 heteroatoms. The summed E-state index contributed by atoms with van der Waals surface area (Å²) in [6.45, 7) is 2.99. The molecular formula is C21H29N3O4. The second-order valence-electron chi connectivity index (χ2n) is 8.48. The molecule has 0 aromatic heterocycles. The lowest BCUT2D eigenvalue weighted by molar-refractivity contribution is -0.202.